The van der Waals surface area contributed by atoms with E-state index in [0.29, 0.717) is 24.4 Å². The van der Waals surface area contributed by atoms with E-state index in [9.17, 15) is 9.18 Å². The zero-order valence-electron chi connectivity index (χ0n) is 17.5. The van der Waals surface area contributed by atoms with Gasteiger partial charge in [-0.2, -0.15) is 5.26 Å². The number of allylic oxidation sites excluding steroid dienone is 2. The number of benzene rings is 1. The molecule has 6 nitrogen and oxygen atoms in total. The molecule has 1 aliphatic carbocycles. The number of nitrogens with one attached hydrogen (secondary N) is 3. The highest BCUT2D eigenvalue weighted by molar-refractivity contribution is 5.92. The predicted octanol–water partition coefficient (Wildman–Crippen LogP) is 3.02. The van der Waals surface area contributed by atoms with Gasteiger partial charge < -0.3 is 16.0 Å². The summed E-state index contributed by atoms with van der Waals surface area (Å²) in [6.45, 7) is 6.09. The van der Waals surface area contributed by atoms with E-state index in [1.165, 1.54) is 6.08 Å². The summed E-state index contributed by atoms with van der Waals surface area (Å²) < 4.78 is 14.5. The van der Waals surface area contributed by atoms with E-state index in [1.54, 1.807) is 12.1 Å². The zero-order chi connectivity index (χ0) is 21.3. The maximum Gasteiger partial charge on any atom is 0.245 e. The molecule has 7 heteroatoms. The van der Waals surface area contributed by atoms with Crippen LogP contribution in [0.15, 0.2) is 47.6 Å². The number of piperidine rings is 1. The molecule has 1 aromatic carbocycles. The van der Waals surface area contributed by atoms with Crippen LogP contribution in [0.25, 0.3) is 0 Å². The van der Waals surface area contributed by atoms with Crippen LogP contribution in [0.4, 0.5) is 10.1 Å². The van der Waals surface area contributed by atoms with Crippen molar-refractivity contribution in [2.45, 2.75) is 44.7 Å². The van der Waals surface area contributed by atoms with Gasteiger partial charge in [0.25, 0.3) is 0 Å². The lowest BCUT2D eigenvalue weighted by Crippen LogP contribution is -2.59. The van der Waals surface area contributed by atoms with Gasteiger partial charge in [0.15, 0.2) is 0 Å². The normalized spacial score (nSPS) is 29.0. The fourth-order valence-corrected chi connectivity index (χ4v) is 4.91. The molecule has 2 fully saturated rings. The first kappa shape index (κ1) is 20.4. The molecule has 3 N–H and O–H groups in total. The number of carbonyl (C=O) groups is 1. The van der Waals surface area contributed by atoms with E-state index in [2.05, 4.69) is 26.9 Å². The molecule has 2 aliphatic heterocycles. The molecule has 30 heavy (non-hydrogen) atoms. The van der Waals surface area contributed by atoms with E-state index < -0.39 is 5.54 Å². The molecular formula is C23H28FN5O. The zero-order valence-corrected chi connectivity index (χ0v) is 17.5. The molecule has 1 aromatic rings. The Labute approximate surface area is 176 Å². The van der Waals surface area contributed by atoms with Crippen LogP contribution >= 0.6 is 0 Å². The number of fused-ring (bicyclic) bond motifs is 1. The van der Waals surface area contributed by atoms with Crippen molar-refractivity contribution in [3.8, 4) is 6.07 Å². The number of likely N-dealkylation sites (tertiary alicyclic amines) is 1. The second kappa shape index (κ2) is 8.11. The minimum Gasteiger partial charge on any atom is -0.384 e. The van der Waals surface area contributed by atoms with Gasteiger partial charge in [-0.15, -0.1) is 0 Å². The molecule has 4 rings (SSSR count). The molecule has 0 radical (unpaired) electrons. The van der Waals surface area contributed by atoms with E-state index in [-0.39, 0.29) is 30.1 Å². The van der Waals surface area contributed by atoms with E-state index in [4.69, 9.17) is 5.26 Å². The second-order valence-electron chi connectivity index (χ2n) is 8.43. The Morgan fingerprint density at radius 2 is 2.13 bits per heavy atom. The number of hydrogen-bond acceptors (Lipinski definition) is 5. The van der Waals surface area contributed by atoms with Crippen LogP contribution in [-0.4, -0.2) is 42.0 Å². The number of amides is 1. The topological polar surface area (TPSA) is 80.2 Å². The summed E-state index contributed by atoms with van der Waals surface area (Å²) in [5.74, 6) is -0.468. The van der Waals surface area contributed by atoms with Gasteiger partial charge in [-0.25, -0.2) is 4.39 Å². The van der Waals surface area contributed by atoms with Crippen LogP contribution < -0.4 is 16.0 Å². The number of halogens is 1. The van der Waals surface area contributed by atoms with Gasteiger partial charge in [0.2, 0.25) is 5.91 Å². The maximum absolute atomic E-state index is 14.5. The van der Waals surface area contributed by atoms with Crippen LogP contribution in [0.3, 0.4) is 0 Å². The Kier molecular flexibility index (Phi) is 5.52. The van der Waals surface area contributed by atoms with Crippen molar-refractivity contribution in [1.82, 2.24) is 15.5 Å². The van der Waals surface area contributed by atoms with Gasteiger partial charge >= 0.3 is 0 Å². The summed E-state index contributed by atoms with van der Waals surface area (Å²) >= 11 is 0. The number of nitriles is 1. The molecule has 2 saturated heterocycles. The summed E-state index contributed by atoms with van der Waals surface area (Å²) in [6.07, 6.45) is 3.70. The summed E-state index contributed by atoms with van der Waals surface area (Å²) in [7, 11) is 0. The quantitative estimate of drug-likeness (QED) is 0.697. The molecule has 0 spiro atoms. The minimum atomic E-state index is -0.785. The average Bonchev–Trinajstić information content (AvgIpc) is 3.01. The van der Waals surface area contributed by atoms with Crippen molar-refractivity contribution >= 4 is 11.6 Å². The van der Waals surface area contributed by atoms with Crippen molar-refractivity contribution in [2.24, 2.45) is 5.92 Å². The molecule has 0 bridgehead atoms. The van der Waals surface area contributed by atoms with Gasteiger partial charge in [0.05, 0.1) is 17.3 Å². The second-order valence-corrected chi connectivity index (χ2v) is 8.43. The number of hydrogen-bond donors (Lipinski definition) is 3. The molecule has 1 amide bonds. The SMILES string of the molecule is CCNC1=C2NC(=O)C(C)(N3CCC[C@@H](Nc4ccc(C#N)cc4)C3)C2CC(F)=C1. The van der Waals surface area contributed by atoms with Crippen LogP contribution in [0, 0.1) is 17.2 Å². The predicted molar refractivity (Wildman–Crippen MR) is 114 cm³/mol. The van der Waals surface area contributed by atoms with Gasteiger partial charge in [-0.3, -0.25) is 9.69 Å². The van der Waals surface area contributed by atoms with Crippen molar-refractivity contribution in [1.29, 1.82) is 5.26 Å². The van der Waals surface area contributed by atoms with Gasteiger partial charge in [0.1, 0.15) is 11.4 Å². The molecule has 3 atom stereocenters. The fraction of sp³-hybridized carbons (Fsp3) is 0.478. The third kappa shape index (κ3) is 3.56. The standard InChI is InChI=1S/C23H28FN5O/c1-3-26-20-12-16(24)11-19-21(20)28-22(30)23(19,2)29-10-4-5-18(14-29)27-17-8-6-15(13-25)7-9-17/h6-9,12,18-19,26-27H,3-5,10-11,14H2,1-2H3,(H,28,30)/t18-,19?,23?/m1/s1. The smallest absolute Gasteiger partial charge is 0.245 e. The van der Waals surface area contributed by atoms with Crippen LogP contribution in [-0.2, 0) is 4.79 Å². The third-order valence-electron chi connectivity index (χ3n) is 6.56. The number of nitrogens with zero attached hydrogens (tertiary/aromatic N) is 2. The molecule has 3 aliphatic rings. The molecule has 2 unspecified atom stereocenters. The highest BCUT2D eigenvalue weighted by Crippen LogP contribution is 2.44. The first-order chi connectivity index (χ1) is 14.5. The van der Waals surface area contributed by atoms with Gasteiger partial charge in [-0.1, -0.05) is 0 Å². The Bertz CT molecular complexity index is 932. The van der Waals surface area contributed by atoms with E-state index >= 15 is 0 Å². The number of anilines is 1. The average molecular weight is 410 g/mol. The Hall–Kier alpha value is -2.85. The molecular weight excluding hydrogens is 381 g/mol. The lowest BCUT2D eigenvalue weighted by Gasteiger charge is -2.45. The minimum absolute atomic E-state index is 0.0555. The molecule has 0 saturated carbocycles. The first-order valence-corrected chi connectivity index (χ1v) is 10.6. The lowest BCUT2D eigenvalue weighted by atomic mass is 9.78. The van der Waals surface area contributed by atoms with Gasteiger partial charge in [0, 0.05) is 42.9 Å². The highest BCUT2D eigenvalue weighted by atomic mass is 19.1. The Balaban J connectivity index is 1.54. The maximum atomic E-state index is 14.5. The van der Waals surface area contributed by atoms with Crippen LogP contribution in [0.5, 0.6) is 0 Å². The molecule has 2 heterocycles. The van der Waals surface area contributed by atoms with Crippen LogP contribution in [0.1, 0.15) is 38.7 Å². The number of carbonyl (C=O) groups excluding carboxylic acids is 1. The largest absolute Gasteiger partial charge is 0.384 e. The number of rotatable bonds is 5. The summed E-state index contributed by atoms with van der Waals surface area (Å²) in [6, 6.07) is 9.72. The molecule has 0 aromatic heterocycles. The summed E-state index contributed by atoms with van der Waals surface area (Å²) in [5.41, 5.74) is 2.31. The summed E-state index contributed by atoms with van der Waals surface area (Å²) in [4.78, 5) is 15.4. The summed E-state index contributed by atoms with van der Waals surface area (Å²) in [5, 5.41) is 18.7. The van der Waals surface area contributed by atoms with Crippen molar-refractivity contribution in [3.63, 3.8) is 0 Å². The lowest BCUT2D eigenvalue weighted by molar-refractivity contribution is -0.131. The monoisotopic (exact) mass is 409 g/mol. The highest BCUT2D eigenvalue weighted by Gasteiger charge is 2.55. The first-order valence-electron chi connectivity index (χ1n) is 10.6. The van der Waals surface area contributed by atoms with Crippen LogP contribution in [0.2, 0.25) is 0 Å². The van der Waals surface area contributed by atoms with E-state index in [0.717, 1.165) is 30.8 Å². The van der Waals surface area contributed by atoms with Crippen molar-refractivity contribution in [2.75, 3.05) is 25.0 Å². The Morgan fingerprint density at radius 1 is 1.37 bits per heavy atom. The van der Waals surface area contributed by atoms with Crippen molar-refractivity contribution < 1.29 is 9.18 Å². The molecule has 158 valence electrons. The Morgan fingerprint density at radius 3 is 2.83 bits per heavy atom. The number of likely N-dealkylation sites (N-methyl/N-ethyl adjacent to an activating group) is 1. The van der Waals surface area contributed by atoms with Gasteiger partial charge in [-0.05, 0) is 63.6 Å². The third-order valence-corrected chi connectivity index (χ3v) is 6.56. The van der Waals surface area contributed by atoms with Crippen molar-refractivity contribution in [3.05, 3.63) is 53.1 Å². The fourth-order valence-electron chi connectivity index (χ4n) is 4.91. The van der Waals surface area contributed by atoms with E-state index in [1.807, 2.05) is 26.0 Å².